The largest absolute Gasteiger partial charge is 0.393 e. The van der Waals surface area contributed by atoms with Crippen molar-refractivity contribution in [3.05, 3.63) is 78.1 Å². The van der Waals surface area contributed by atoms with Gasteiger partial charge in [0.15, 0.2) is 0 Å². The number of carbonyl (C=O) groups excluding carboxylic acids is 1. The lowest BCUT2D eigenvalue weighted by Gasteiger charge is -2.20. The molecule has 0 saturated carbocycles. The van der Waals surface area contributed by atoms with Gasteiger partial charge in [-0.05, 0) is 77.4 Å². The Balaban J connectivity index is 1.52. The van der Waals surface area contributed by atoms with Crippen LogP contribution in [0.15, 0.2) is 66.2 Å². The minimum atomic E-state index is -4.31. The van der Waals surface area contributed by atoms with Crippen LogP contribution in [0.3, 0.4) is 0 Å². The first kappa shape index (κ1) is 22.9. The zero-order chi connectivity index (χ0) is 23.6. The molecule has 3 aromatic rings. The van der Waals surface area contributed by atoms with Crippen LogP contribution in [-0.4, -0.2) is 30.0 Å². The Morgan fingerprint density at radius 1 is 1.18 bits per heavy atom. The van der Waals surface area contributed by atoms with Crippen molar-refractivity contribution in [2.75, 3.05) is 23.0 Å². The highest BCUT2D eigenvalue weighted by Crippen LogP contribution is 2.37. The first-order valence-electron chi connectivity index (χ1n) is 10.3. The highest BCUT2D eigenvalue weighted by molar-refractivity contribution is 7.98. The van der Waals surface area contributed by atoms with E-state index in [1.165, 1.54) is 22.7 Å². The number of halogens is 3. The lowest BCUT2D eigenvalue weighted by atomic mass is 10.1. The first-order chi connectivity index (χ1) is 15.8. The summed E-state index contributed by atoms with van der Waals surface area (Å²) in [5, 5.41) is 2.85. The van der Waals surface area contributed by atoms with Gasteiger partial charge in [0.2, 0.25) is 0 Å². The van der Waals surface area contributed by atoms with Crippen molar-refractivity contribution < 1.29 is 18.0 Å². The smallest absolute Gasteiger partial charge is 0.308 e. The van der Waals surface area contributed by atoms with Gasteiger partial charge in [-0.2, -0.15) is 13.2 Å². The fraction of sp³-hybridized carbons (Fsp3) is 0.200. The Bertz CT molecular complexity index is 1190. The number of hydrogen-bond donors (Lipinski definition) is 1. The van der Waals surface area contributed by atoms with Crippen molar-refractivity contribution >= 4 is 35.2 Å². The molecular weight excluding hydrogens is 447 g/mol. The lowest BCUT2D eigenvalue weighted by Crippen LogP contribution is -2.33. The van der Waals surface area contributed by atoms with Crippen LogP contribution in [-0.2, 0) is 12.8 Å². The Labute approximate surface area is 194 Å². The van der Waals surface area contributed by atoms with E-state index in [1.54, 1.807) is 36.7 Å². The van der Waals surface area contributed by atoms with Crippen molar-refractivity contribution in [1.29, 1.82) is 0 Å². The average Bonchev–Trinajstić information content (AvgIpc) is 3.21. The number of carbonyl (C=O) groups is 1. The molecular formula is C25H22F3N3OS. The summed E-state index contributed by atoms with van der Waals surface area (Å²) in [5.74, 6) is 0. The van der Waals surface area contributed by atoms with E-state index in [4.69, 9.17) is 0 Å². The second-order valence-corrected chi connectivity index (χ2v) is 8.52. The molecule has 8 heteroatoms. The normalized spacial score (nSPS) is 13.0. The zero-order valence-electron chi connectivity index (χ0n) is 17.9. The van der Waals surface area contributed by atoms with Gasteiger partial charge in [0, 0.05) is 29.0 Å². The molecule has 33 heavy (non-hydrogen) atoms. The van der Waals surface area contributed by atoms with Gasteiger partial charge < -0.3 is 5.32 Å². The second-order valence-electron chi connectivity index (χ2n) is 7.67. The molecule has 1 N–H and O–H groups in total. The molecule has 0 aliphatic carbocycles. The third-order valence-electron chi connectivity index (χ3n) is 5.47. The van der Waals surface area contributed by atoms with Gasteiger partial charge >= 0.3 is 12.2 Å². The fourth-order valence-electron chi connectivity index (χ4n) is 3.89. The first-order valence-corrected chi connectivity index (χ1v) is 11.5. The number of anilines is 2. The van der Waals surface area contributed by atoms with Crippen molar-refractivity contribution in [3.8, 4) is 11.1 Å². The molecule has 170 valence electrons. The standard InChI is InChI=1S/C25H22F3N3OS/c1-3-20-12-17(8-10-29-20)16-4-6-21(7-5-16)30-24(32)31-11-9-18-14-23(33-2)19(13-22(18)31)15-25(26,27)28/h3-8,10,12-14H,1,9,11,15H2,2H3,(H,30,32). The molecule has 0 bridgehead atoms. The number of rotatable bonds is 5. The van der Waals surface area contributed by atoms with Gasteiger partial charge in [-0.25, -0.2) is 4.79 Å². The number of pyridine rings is 1. The fourth-order valence-corrected chi connectivity index (χ4v) is 4.54. The van der Waals surface area contributed by atoms with E-state index in [0.717, 1.165) is 22.4 Å². The second kappa shape index (κ2) is 9.31. The number of urea groups is 1. The molecule has 0 radical (unpaired) electrons. The Morgan fingerprint density at radius 2 is 1.94 bits per heavy atom. The highest BCUT2D eigenvalue weighted by atomic mass is 32.2. The number of hydrogen-bond acceptors (Lipinski definition) is 3. The SMILES string of the molecule is C=Cc1cc(-c2ccc(NC(=O)N3CCc4cc(SC)c(CC(F)(F)F)cc43)cc2)ccn1. The number of amides is 2. The van der Waals surface area contributed by atoms with Gasteiger partial charge in [-0.15, -0.1) is 11.8 Å². The number of benzene rings is 2. The number of fused-ring (bicyclic) bond motifs is 1. The van der Waals surface area contributed by atoms with Crippen LogP contribution < -0.4 is 10.2 Å². The maximum atomic E-state index is 13.0. The topological polar surface area (TPSA) is 45.2 Å². The van der Waals surface area contributed by atoms with Gasteiger partial charge in [-0.1, -0.05) is 18.7 Å². The number of aromatic nitrogens is 1. The molecule has 2 heterocycles. The molecule has 0 unspecified atom stereocenters. The molecule has 1 aliphatic rings. The van der Waals surface area contributed by atoms with E-state index >= 15 is 0 Å². The van der Waals surface area contributed by atoms with Gasteiger partial charge in [0.1, 0.15) is 0 Å². The summed E-state index contributed by atoms with van der Waals surface area (Å²) < 4.78 is 39.1. The maximum absolute atomic E-state index is 13.0. The molecule has 0 spiro atoms. The zero-order valence-corrected chi connectivity index (χ0v) is 18.8. The third-order valence-corrected chi connectivity index (χ3v) is 6.29. The highest BCUT2D eigenvalue weighted by Gasteiger charge is 2.32. The maximum Gasteiger partial charge on any atom is 0.393 e. The Hall–Kier alpha value is -3.26. The van der Waals surface area contributed by atoms with E-state index in [0.29, 0.717) is 29.2 Å². The molecule has 1 aromatic heterocycles. The van der Waals surface area contributed by atoms with Crippen molar-refractivity contribution in [2.45, 2.75) is 23.9 Å². The monoisotopic (exact) mass is 469 g/mol. The number of thioether (sulfide) groups is 1. The van der Waals surface area contributed by atoms with Crippen LogP contribution >= 0.6 is 11.8 Å². The Morgan fingerprint density at radius 3 is 2.61 bits per heavy atom. The average molecular weight is 470 g/mol. The van der Waals surface area contributed by atoms with E-state index in [-0.39, 0.29) is 11.6 Å². The predicted molar refractivity (Wildman–Crippen MR) is 128 cm³/mol. The summed E-state index contributed by atoms with van der Waals surface area (Å²) in [6.45, 7) is 4.15. The molecule has 0 saturated heterocycles. The van der Waals surface area contributed by atoms with Gasteiger partial charge in [0.05, 0.1) is 12.1 Å². The molecule has 1 aliphatic heterocycles. The summed E-state index contributed by atoms with van der Waals surface area (Å²) in [6.07, 6.45) is 0.421. The summed E-state index contributed by atoms with van der Waals surface area (Å²) in [7, 11) is 0. The summed E-state index contributed by atoms with van der Waals surface area (Å²) in [4.78, 5) is 19.2. The lowest BCUT2D eigenvalue weighted by molar-refractivity contribution is -0.127. The van der Waals surface area contributed by atoms with Gasteiger partial charge in [-0.3, -0.25) is 9.88 Å². The number of alkyl halides is 3. The third kappa shape index (κ3) is 5.22. The molecule has 4 nitrogen and oxygen atoms in total. The molecule has 4 rings (SSSR count). The summed E-state index contributed by atoms with van der Waals surface area (Å²) in [6, 6.07) is 14.1. The molecule has 0 atom stereocenters. The quantitative estimate of drug-likeness (QED) is 0.418. The van der Waals surface area contributed by atoms with Crippen molar-refractivity contribution in [1.82, 2.24) is 4.98 Å². The van der Waals surface area contributed by atoms with E-state index in [1.807, 2.05) is 24.3 Å². The summed E-state index contributed by atoms with van der Waals surface area (Å²) >= 11 is 1.29. The summed E-state index contributed by atoms with van der Waals surface area (Å²) in [5.41, 5.74) is 4.92. The van der Waals surface area contributed by atoms with Crippen molar-refractivity contribution in [3.63, 3.8) is 0 Å². The molecule has 2 amide bonds. The van der Waals surface area contributed by atoms with Crippen molar-refractivity contribution in [2.24, 2.45) is 0 Å². The van der Waals surface area contributed by atoms with E-state index in [2.05, 4.69) is 16.9 Å². The van der Waals surface area contributed by atoms with E-state index in [9.17, 15) is 18.0 Å². The molecule has 2 aromatic carbocycles. The minimum Gasteiger partial charge on any atom is -0.308 e. The van der Waals surface area contributed by atoms with Crippen LogP contribution in [0.5, 0.6) is 0 Å². The van der Waals surface area contributed by atoms with E-state index < -0.39 is 12.6 Å². The van der Waals surface area contributed by atoms with Crippen LogP contribution in [0.1, 0.15) is 16.8 Å². The number of nitrogens with zero attached hydrogens (tertiary/aromatic N) is 2. The Kier molecular flexibility index (Phi) is 6.47. The van der Waals surface area contributed by atoms with Crippen LogP contribution in [0.4, 0.5) is 29.3 Å². The van der Waals surface area contributed by atoms with Crippen LogP contribution in [0, 0.1) is 0 Å². The number of nitrogens with one attached hydrogen (secondary N) is 1. The van der Waals surface area contributed by atoms with Gasteiger partial charge in [0.25, 0.3) is 0 Å². The van der Waals surface area contributed by atoms with Crippen LogP contribution in [0.2, 0.25) is 0 Å². The molecule has 0 fully saturated rings. The van der Waals surface area contributed by atoms with Crippen LogP contribution in [0.25, 0.3) is 17.2 Å². The predicted octanol–water partition coefficient (Wildman–Crippen LogP) is 6.81. The minimum absolute atomic E-state index is 0.189.